The molecule has 0 saturated heterocycles. The number of ether oxygens (including phenoxy) is 1. The van der Waals surface area contributed by atoms with Crippen molar-refractivity contribution in [1.29, 1.82) is 0 Å². The smallest absolute Gasteiger partial charge is 0.235 e. The van der Waals surface area contributed by atoms with E-state index in [1.807, 2.05) is 62.6 Å². The summed E-state index contributed by atoms with van der Waals surface area (Å²) in [5.74, 6) is 1.57. The summed E-state index contributed by atoms with van der Waals surface area (Å²) >= 11 is 1.50. The van der Waals surface area contributed by atoms with Crippen LogP contribution < -0.4 is 9.64 Å². The van der Waals surface area contributed by atoms with Crippen molar-refractivity contribution < 1.29 is 4.74 Å². The van der Waals surface area contributed by atoms with E-state index in [2.05, 4.69) is 32.3 Å². The van der Waals surface area contributed by atoms with Gasteiger partial charge in [-0.15, -0.1) is 10.2 Å². The van der Waals surface area contributed by atoms with Gasteiger partial charge in [0.05, 0.1) is 7.11 Å². The molecule has 4 aromatic rings. The number of nitrogens with zero attached hydrogens (tertiary/aromatic N) is 5. The van der Waals surface area contributed by atoms with Crippen molar-refractivity contribution in [3.8, 4) is 17.1 Å². The van der Waals surface area contributed by atoms with E-state index >= 15 is 0 Å². The fraction of sp³-hybridized carbons (Fsp3) is 0.150. The molecule has 2 aromatic heterocycles. The summed E-state index contributed by atoms with van der Waals surface area (Å²) in [5, 5.41) is 14.1. The van der Waals surface area contributed by atoms with Gasteiger partial charge < -0.3 is 9.64 Å². The molecule has 0 bridgehead atoms. The number of methoxy groups -OCH3 is 1. The van der Waals surface area contributed by atoms with Gasteiger partial charge in [0.15, 0.2) is 5.82 Å². The third kappa shape index (κ3) is 3.41. The molecule has 0 unspecified atom stereocenters. The minimum Gasteiger partial charge on any atom is -0.496 e. The third-order valence-corrected chi connectivity index (χ3v) is 5.06. The molecule has 136 valence electrons. The lowest BCUT2D eigenvalue weighted by atomic mass is 10.2. The van der Waals surface area contributed by atoms with Crippen LogP contribution in [-0.2, 0) is 0 Å². The van der Waals surface area contributed by atoms with Crippen molar-refractivity contribution in [2.45, 2.75) is 0 Å². The first kappa shape index (κ1) is 17.2. The zero-order valence-corrected chi connectivity index (χ0v) is 16.1. The van der Waals surface area contributed by atoms with Crippen molar-refractivity contribution in [3.63, 3.8) is 0 Å². The molecule has 0 amide bonds. The number of para-hydroxylation sites is 1. The average molecular weight is 377 g/mol. The van der Waals surface area contributed by atoms with Gasteiger partial charge in [-0.2, -0.15) is 9.61 Å². The van der Waals surface area contributed by atoms with E-state index in [9.17, 15) is 0 Å². The maximum Gasteiger partial charge on any atom is 0.235 e. The topological polar surface area (TPSA) is 55.6 Å². The van der Waals surface area contributed by atoms with E-state index in [4.69, 9.17) is 4.74 Å². The van der Waals surface area contributed by atoms with Gasteiger partial charge in [0, 0.05) is 30.9 Å². The van der Waals surface area contributed by atoms with E-state index in [1.165, 1.54) is 11.3 Å². The number of anilines is 1. The SMILES string of the molecule is COc1ccccc1/C=C\c1nn2c(-c3ccc(N(C)C)cc3)nnc2s1. The Hall–Kier alpha value is -3.19. The Labute approximate surface area is 161 Å². The summed E-state index contributed by atoms with van der Waals surface area (Å²) in [6.45, 7) is 0. The van der Waals surface area contributed by atoms with Crippen molar-refractivity contribution in [3.05, 3.63) is 59.1 Å². The molecule has 6 nitrogen and oxygen atoms in total. The van der Waals surface area contributed by atoms with Crippen LogP contribution in [0, 0.1) is 0 Å². The van der Waals surface area contributed by atoms with Crippen molar-refractivity contribution in [2.24, 2.45) is 0 Å². The van der Waals surface area contributed by atoms with E-state index in [0.717, 1.165) is 38.4 Å². The van der Waals surface area contributed by atoms with Gasteiger partial charge in [-0.25, -0.2) is 0 Å². The Morgan fingerprint density at radius 1 is 1.00 bits per heavy atom. The number of fused-ring (bicyclic) bond motifs is 1. The monoisotopic (exact) mass is 377 g/mol. The molecule has 0 fully saturated rings. The van der Waals surface area contributed by atoms with Crippen molar-refractivity contribution >= 4 is 34.1 Å². The number of aromatic nitrogens is 4. The van der Waals surface area contributed by atoms with Crippen molar-refractivity contribution in [1.82, 2.24) is 19.8 Å². The molecule has 0 N–H and O–H groups in total. The Morgan fingerprint density at radius 2 is 1.78 bits per heavy atom. The Balaban J connectivity index is 1.65. The van der Waals surface area contributed by atoms with Crippen LogP contribution in [0.25, 0.3) is 28.5 Å². The second-order valence-electron chi connectivity index (χ2n) is 6.17. The van der Waals surface area contributed by atoms with E-state index in [1.54, 1.807) is 11.6 Å². The molecule has 0 aliphatic rings. The van der Waals surface area contributed by atoms with E-state index < -0.39 is 0 Å². The normalized spacial score (nSPS) is 11.4. The van der Waals surface area contributed by atoms with Gasteiger partial charge in [-0.3, -0.25) is 0 Å². The maximum absolute atomic E-state index is 5.38. The van der Waals surface area contributed by atoms with Gasteiger partial charge in [0.2, 0.25) is 4.96 Å². The Kier molecular flexibility index (Phi) is 4.60. The summed E-state index contributed by atoms with van der Waals surface area (Å²) in [7, 11) is 5.71. The molecule has 27 heavy (non-hydrogen) atoms. The first-order valence-corrected chi connectivity index (χ1v) is 9.28. The minimum atomic E-state index is 0.739. The molecule has 0 aliphatic heterocycles. The zero-order chi connectivity index (χ0) is 18.8. The van der Waals surface area contributed by atoms with Gasteiger partial charge in [0.25, 0.3) is 0 Å². The Bertz CT molecular complexity index is 1100. The molecule has 0 atom stereocenters. The third-order valence-electron chi connectivity index (χ3n) is 4.19. The fourth-order valence-corrected chi connectivity index (χ4v) is 3.49. The highest BCUT2D eigenvalue weighted by atomic mass is 32.1. The summed E-state index contributed by atoms with van der Waals surface area (Å²) in [6.07, 6.45) is 3.96. The van der Waals surface area contributed by atoms with Crippen LogP contribution in [0.15, 0.2) is 48.5 Å². The van der Waals surface area contributed by atoms with Crippen molar-refractivity contribution in [2.75, 3.05) is 26.1 Å². The van der Waals surface area contributed by atoms with Crippen LogP contribution in [0.4, 0.5) is 5.69 Å². The van der Waals surface area contributed by atoms with E-state index in [-0.39, 0.29) is 0 Å². The van der Waals surface area contributed by atoms with Crippen LogP contribution in [0.2, 0.25) is 0 Å². The lowest BCUT2D eigenvalue weighted by Gasteiger charge is -2.11. The molecule has 0 radical (unpaired) electrons. The van der Waals surface area contributed by atoms with Gasteiger partial charge in [-0.05, 0) is 42.5 Å². The largest absolute Gasteiger partial charge is 0.496 e. The van der Waals surface area contributed by atoms with Crippen LogP contribution in [0.5, 0.6) is 5.75 Å². The van der Waals surface area contributed by atoms with Crippen LogP contribution in [-0.4, -0.2) is 41.0 Å². The number of benzene rings is 2. The fourth-order valence-electron chi connectivity index (χ4n) is 2.75. The molecule has 2 heterocycles. The highest BCUT2D eigenvalue weighted by Gasteiger charge is 2.12. The molecule has 0 aliphatic carbocycles. The minimum absolute atomic E-state index is 0.739. The summed E-state index contributed by atoms with van der Waals surface area (Å²) in [4.78, 5) is 2.83. The molecule has 2 aromatic carbocycles. The van der Waals surface area contributed by atoms with Gasteiger partial charge in [0.1, 0.15) is 10.8 Å². The standard InChI is InChI=1S/C20H19N5OS/c1-24(2)16-11-8-15(9-12-16)19-21-22-20-25(19)23-18(27-20)13-10-14-6-4-5-7-17(14)26-3/h4-13H,1-3H3/b13-10-. The second-order valence-corrected chi connectivity index (χ2v) is 7.16. The van der Waals surface area contributed by atoms with E-state index in [0.29, 0.717) is 0 Å². The highest BCUT2D eigenvalue weighted by Crippen LogP contribution is 2.25. The molecular formula is C20H19N5OS. The molecule has 4 rings (SSSR count). The molecule has 0 saturated carbocycles. The van der Waals surface area contributed by atoms with Gasteiger partial charge >= 0.3 is 0 Å². The first-order chi connectivity index (χ1) is 13.2. The highest BCUT2D eigenvalue weighted by molar-refractivity contribution is 7.17. The van der Waals surface area contributed by atoms with Gasteiger partial charge in [-0.1, -0.05) is 29.5 Å². The predicted molar refractivity (Wildman–Crippen MR) is 110 cm³/mol. The first-order valence-electron chi connectivity index (χ1n) is 8.47. The summed E-state index contributed by atoms with van der Waals surface area (Å²) in [6, 6.07) is 16.1. The zero-order valence-electron chi connectivity index (χ0n) is 15.3. The number of hydrogen-bond donors (Lipinski definition) is 0. The predicted octanol–water partition coefficient (Wildman–Crippen LogP) is 4.10. The lowest BCUT2D eigenvalue weighted by molar-refractivity contribution is 0.414. The molecule has 7 heteroatoms. The Morgan fingerprint density at radius 3 is 2.52 bits per heavy atom. The maximum atomic E-state index is 5.38. The van der Waals surface area contributed by atoms with Crippen LogP contribution >= 0.6 is 11.3 Å². The van der Waals surface area contributed by atoms with Crippen LogP contribution in [0.3, 0.4) is 0 Å². The number of hydrogen-bond acceptors (Lipinski definition) is 6. The quantitative estimate of drug-likeness (QED) is 0.524. The summed E-state index contributed by atoms with van der Waals surface area (Å²) < 4.78 is 7.17. The number of rotatable bonds is 5. The van der Waals surface area contributed by atoms with Crippen LogP contribution in [0.1, 0.15) is 10.6 Å². The molecular weight excluding hydrogens is 358 g/mol. The lowest BCUT2D eigenvalue weighted by Crippen LogP contribution is -2.08. The molecule has 0 spiro atoms. The average Bonchev–Trinajstić information content (AvgIpc) is 3.27. The second kappa shape index (κ2) is 7.20. The summed E-state index contributed by atoms with van der Waals surface area (Å²) in [5.41, 5.74) is 3.13.